The maximum Gasteiger partial charge on any atom is 0.295 e. The van der Waals surface area contributed by atoms with Crippen molar-refractivity contribution in [2.45, 2.75) is 9.79 Å². The summed E-state index contributed by atoms with van der Waals surface area (Å²) >= 11 is 0. The first kappa shape index (κ1) is 35.4. The molecule has 16 heteroatoms. The topological polar surface area (TPSA) is 204 Å². The monoisotopic (exact) mass is 698 g/mol. The summed E-state index contributed by atoms with van der Waals surface area (Å²) in [4.78, 5) is 24.7. The number of amides is 2. The van der Waals surface area contributed by atoms with E-state index >= 15 is 0 Å². The molecule has 14 nitrogen and oxygen atoms in total. The first-order valence-electron chi connectivity index (χ1n) is 13.7. The average Bonchev–Trinajstić information content (AvgIpc) is 3.06. The van der Waals surface area contributed by atoms with Crippen molar-refractivity contribution in [1.29, 1.82) is 0 Å². The number of nitrogens with one attached hydrogen (secondary N) is 2. The highest BCUT2D eigenvalue weighted by molar-refractivity contribution is 7.86. The van der Waals surface area contributed by atoms with Gasteiger partial charge in [0.1, 0.15) is 32.8 Å². The van der Waals surface area contributed by atoms with E-state index in [1.807, 2.05) is 0 Å². The molecule has 0 aromatic heterocycles. The molecular formula is C32H30N2O12S2. The van der Waals surface area contributed by atoms with Gasteiger partial charge in [0, 0.05) is 23.5 Å². The van der Waals surface area contributed by atoms with Crippen LogP contribution in [0.1, 0.15) is 31.8 Å². The van der Waals surface area contributed by atoms with Gasteiger partial charge in [0.15, 0.2) is 0 Å². The van der Waals surface area contributed by atoms with Gasteiger partial charge in [-0.2, -0.15) is 16.8 Å². The van der Waals surface area contributed by atoms with Crippen LogP contribution in [0, 0.1) is 0 Å². The van der Waals surface area contributed by atoms with Gasteiger partial charge in [-0.15, -0.1) is 0 Å². The third kappa shape index (κ3) is 8.29. The summed E-state index contributed by atoms with van der Waals surface area (Å²) in [6.07, 6.45) is 2.37. The molecule has 4 rings (SSSR count). The van der Waals surface area contributed by atoms with E-state index in [0.29, 0.717) is 11.5 Å². The van der Waals surface area contributed by atoms with E-state index in [2.05, 4.69) is 10.6 Å². The number of ether oxygens (including phenoxy) is 4. The molecule has 4 aromatic carbocycles. The van der Waals surface area contributed by atoms with Gasteiger partial charge in [-0.05, 0) is 59.7 Å². The molecule has 0 atom stereocenters. The van der Waals surface area contributed by atoms with Gasteiger partial charge in [-0.3, -0.25) is 18.7 Å². The number of hydrogen-bond acceptors (Lipinski definition) is 10. The van der Waals surface area contributed by atoms with Gasteiger partial charge < -0.3 is 29.6 Å². The number of benzene rings is 4. The Morgan fingerprint density at radius 2 is 0.938 bits per heavy atom. The lowest BCUT2D eigenvalue weighted by atomic mass is 10.1. The van der Waals surface area contributed by atoms with E-state index < -0.39 is 41.8 Å². The van der Waals surface area contributed by atoms with Gasteiger partial charge in [0.25, 0.3) is 32.1 Å². The van der Waals surface area contributed by atoms with Crippen molar-refractivity contribution in [3.8, 4) is 23.0 Å². The molecule has 48 heavy (non-hydrogen) atoms. The standard InChI is InChI=1S/C32H30N2O12S2/c1-43-23-11-13-25(27(17-23)45-3)31(35)33-21-9-7-19(29(15-21)47(37,38)39)5-6-20-8-10-22(16-30(20)48(40,41)42)34-32(36)26-14-12-24(44-2)18-28(26)46-4/h5-18H,1-4H3,(H,33,35)(H,34,36)(H,37,38,39)(H,40,41,42). The number of anilines is 2. The van der Waals surface area contributed by atoms with Gasteiger partial charge in [-0.25, -0.2) is 0 Å². The fraction of sp³-hybridized carbons (Fsp3) is 0.125. The van der Waals surface area contributed by atoms with Gasteiger partial charge in [0.05, 0.1) is 39.6 Å². The average molecular weight is 699 g/mol. The summed E-state index contributed by atoms with van der Waals surface area (Å²) in [5.74, 6) is -0.00823. The first-order chi connectivity index (χ1) is 22.7. The van der Waals surface area contributed by atoms with Crippen LogP contribution in [0.4, 0.5) is 11.4 Å². The molecule has 252 valence electrons. The maximum absolute atomic E-state index is 12.9. The normalized spacial score (nSPS) is 11.5. The molecular weight excluding hydrogens is 668 g/mol. The lowest BCUT2D eigenvalue weighted by molar-refractivity contribution is 0.101. The van der Waals surface area contributed by atoms with Crippen molar-refractivity contribution in [1.82, 2.24) is 0 Å². The number of carbonyl (C=O) groups is 2. The van der Waals surface area contributed by atoms with E-state index in [1.165, 1.54) is 101 Å². The lowest BCUT2D eigenvalue weighted by Gasteiger charge is -2.13. The minimum Gasteiger partial charge on any atom is -0.497 e. The third-order valence-corrected chi connectivity index (χ3v) is 8.67. The van der Waals surface area contributed by atoms with Crippen molar-refractivity contribution in [2.24, 2.45) is 0 Å². The summed E-state index contributed by atoms with van der Waals surface area (Å²) < 4.78 is 89.8. The fourth-order valence-electron chi connectivity index (χ4n) is 4.50. The maximum atomic E-state index is 12.9. The Morgan fingerprint density at radius 1 is 0.562 bits per heavy atom. The Morgan fingerprint density at radius 3 is 1.25 bits per heavy atom. The van der Waals surface area contributed by atoms with Crippen LogP contribution in [0.25, 0.3) is 12.2 Å². The highest BCUT2D eigenvalue weighted by Crippen LogP contribution is 2.30. The van der Waals surface area contributed by atoms with Crippen LogP contribution in [0.3, 0.4) is 0 Å². The predicted molar refractivity (Wildman–Crippen MR) is 176 cm³/mol. The summed E-state index contributed by atoms with van der Waals surface area (Å²) in [7, 11) is -4.09. The molecule has 0 bridgehead atoms. The number of hydrogen-bond donors (Lipinski definition) is 4. The van der Waals surface area contributed by atoms with Crippen LogP contribution in [-0.2, 0) is 20.2 Å². The van der Waals surface area contributed by atoms with E-state index in [4.69, 9.17) is 18.9 Å². The Bertz CT molecular complexity index is 1980. The predicted octanol–water partition coefficient (Wildman–Crippen LogP) is 4.89. The van der Waals surface area contributed by atoms with Gasteiger partial charge in [0.2, 0.25) is 0 Å². The molecule has 0 aliphatic carbocycles. The molecule has 2 amide bonds. The molecule has 4 aromatic rings. The number of rotatable bonds is 12. The van der Waals surface area contributed by atoms with Crippen molar-refractivity contribution in [3.05, 3.63) is 95.1 Å². The molecule has 0 unspecified atom stereocenters. The van der Waals surface area contributed by atoms with Crippen LogP contribution >= 0.6 is 0 Å². The molecule has 0 aliphatic heterocycles. The number of methoxy groups -OCH3 is 4. The fourth-order valence-corrected chi connectivity index (χ4v) is 5.91. The Hall–Kier alpha value is -5.42. The summed E-state index contributed by atoms with van der Waals surface area (Å²) in [6.45, 7) is 0. The summed E-state index contributed by atoms with van der Waals surface area (Å²) in [6, 6.07) is 16.2. The SMILES string of the molecule is COc1ccc(C(=O)Nc2ccc(C=Cc3ccc(NC(=O)c4ccc(OC)cc4OC)cc3S(=O)(=O)O)c(S(=O)(=O)O)c2)c(OC)c1. The highest BCUT2D eigenvalue weighted by atomic mass is 32.2. The van der Waals surface area contributed by atoms with E-state index in [-0.39, 0.29) is 45.1 Å². The largest absolute Gasteiger partial charge is 0.497 e. The zero-order valence-electron chi connectivity index (χ0n) is 25.9. The molecule has 0 aliphatic rings. The van der Waals surface area contributed by atoms with E-state index in [9.17, 15) is 35.5 Å². The third-order valence-electron chi connectivity index (χ3n) is 6.85. The zero-order chi connectivity index (χ0) is 35.2. The Balaban J connectivity index is 1.64. The van der Waals surface area contributed by atoms with Crippen LogP contribution in [-0.4, -0.2) is 66.2 Å². The first-order valence-corrected chi connectivity index (χ1v) is 16.5. The van der Waals surface area contributed by atoms with Crippen molar-refractivity contribution >= 4 is 55.6 Å². The quantitative estimate of drug-likeness (QED) is 0.115. The molecule has 0 fully saturated rings. The molecule has 0 spiro atoms. The smallest absolute Gasteiger partial charge is 0.295 e. The molecule has 0 heterocycles. The minimum atomic E-state index is -4.85. The molecule has 4 N–H and O–H groups in total. The summed E-state index contributed by atoms with van der Waals surface area (Å²) in [5, 5.41) is 5.08. The van der Waals surface area contributed by atoms with Crippen molar-refractivity contribution < 1.29 is 54.5 Å². The van der Waals surface area contributed by atoms with E-state index in [1.54, 1.807) is 0 Å². The highest BCUT2D eigenvalue weighted by Gasteiger charge is 2.20. The Kier molecular flexibility index (Phi) is 10.7. The zero-order valence-corrected chi connectivity index (χ0v) is 27.5. The van der Waals surface area contributed by atoms with Crippen molar-refractivity contribution in [2.75, 3.05) is 39.1 Å². The van der Waals surface area contributed by atoms with Crippen molar-refractivity contribution in [3.63, 3.8) is 0 Å². The second kappa shape index (κ2) is 14.6. The number of carbonyl (C=O) groups excluding carboxylic acids is 2. The Labute approximate surface area is 276 Å². The van der Waals surface area contributed by atoms with Crippen LogP contribution in [0.5, 0.6) is 23.0 Å². The van der Waals surface area contributed by atoms with Crippen LogP contribution in [0.15, 0.2) is 82.6 Å². The van der Waals surface area contributed by atoms with Gasteiger partial charge >= 0.3 is 0 Å². The molecule has 0 saturated heterocycles. The summed E-state index contributed by atoms with van der Waals surface area (Å²) in [5.41, 5.74) is 0.0997. The second-order valence-corrected chi connectivity index (χ2v) is 12.6. The minimum absolute atomic E-state index is 0.00913. The van der Waals surface area contributed by atoms with E-state index in [0.717, 1.165) is 12.1 Å². The molecule has 0 saturated carbocycles. The van der Waals surface area contributed by atoms with Gasteiger partial charge in [-0.1, -0.05) is 24.3 Å². The van der Waals surface area contributed by atoms with Crippen LogP contribution < -0.4 is 29.6 Å². The second-order valence-electron chi connectivity index (χ2n) is 9.83. The lowest BCUT2D eigenvalue weighted by Crippen LogP contribution is -2.14. The van der Waals surface area contributed by atoms with Crippen LogP contribution in [0.2, 0.25) is 0 Å². The molecule has 0 radical (unpaired) electrons.